The number of ether oxygens (including phenoxy) is 4. The van der Waals surface area contributed by atoms with E-state index in [1.54, 1.807) is 0 Å². The normalized spacial score (nSPS) is 11.5. The maximum absolute atomic E-state index is 12.1. The number of nitrogens with zero attached hydrogens (tertiary/aromatic N) is 1. The molecule has 0 aliphatic heterocycles. The Morgan fingerprint density at radius 3 is 1.42 bits per heavy atom. The third-order valence-electron chi connectivity index (χ3n) is 10.0. The molecule has 0 rings (SSSR count). The lowest BCUT2D eigenvalue weighted by Crippen LogP contribution is -2.36. The molecule has 0 atom stereocenters. The fourth-order valence-electron chi connectivity index (χ4n) is 6.59. The zero-order valence-electron chi connectivity index (χ0n) is 35.1. The molecule has 0 aromatic rings. The molecular weight excluding hydrogens is 652 g/mol. The maximum Gasteiger partial charge on any atom is 0.406 e. The predicted molar refractivity (Wildman–Crippen MR) is 219 cm³/mol. The molecule has 0 aliphatic carbocycles. The first-order chi connectivity index (χ1) is 25.6. The van der Waals surface area contributed by atoms with E-state index in [0.29, 0.717) is 19.6 Å². The number of esters is 1. The summed E-state index contributed by atoms with van der Waals surface area (Å²) in [5.41, 5.74) is 0. The summed E-state index contributed by atoms with van der Waals surface area (Å²) >= 11 is 0. The van der Waals surface area contributed by atoms with Gasteiger partial charge < -0.3 is 29.2 Å². The molecule has 0 heterocycles. The van der Waals surface area contributed by atoms with Gasteiger partial charge in [-0.3, -0.25) is 4.79 Å². The quantitative estimate of drug-likeness (QED) is 0.0379. The fourth-order valence-corrected chi connectivity index (χ4v) is 6.59. The summed E-state index contributed by atoms with van der Waals surface area (Å²) in [6.07, 6.45) is 35.2. The molecule has 0 fully saturated rings. The van der Waals surface area contributed by atoms with Crippen molar-refractivity contribution < 1.29 is 28.5 Å². The smallest absolute Gasteiger partial charge is 0.406 e. The number of alkyl carbamates (subject to hydrolysis) is 1. The van der Waals surface area contributed by atoms with Crippen LogP contribution in [0.3, 0.4) is 0 Å². The van der Waals surface area contributed by atoms with E-state index in [4.69, 9.17) is 18.9 Å². The molecule has 0 bridgehead atoms. The molecule has 1 amide bonds. The molecule has 52 heavy (non-hydrogen) atoms. The highest BCUT2D eigenvalue weighted by Crippen LogP contribution is 2.15. The summed E-state index contributed by atoms with van der Waals surface area (Å²) < 4.78 is 22.7. The van der Waals surface area contributed by atoms with Crippen LogP contribution in [0.2, 0.25) is 0 Å². The monoisotopic (exact) mass is 741 g/mol. The summed E-state index contributed by atoms with van der Waals surface area (Å²) in [5.74, 6) is -0.0350. The maximum atomic E-state index is 12.1. The van der Waals surface area contributed by atoms with Crippen LogP contribution in [0.5, 0.6) is 0 Å². The Morgan fingerprint density at radius 1 is 0.500 bits per heavy atom. The van der Waals surface area contributed by atoms with E-state index in [9.17, 15) is 9.59 Å². The van der Waals surface area contributed by atoms with Crippen molar-refractivity contribution >= 4 is 12.1 Å². The van der Waals surface area contributed by atoms with E-state index < -0.39 is 0 Å². The second-order valence-electron chi connectivity index (χ2n) is 15.0. The lowest BCUT2D eigenvalue weighted by atomic mass is 10.1. The highest BCUT2D eigenvalue weighted by Gasteiger charge is 2.11. The second-order valence-corrected chi connectivity index (χ2v) is 15.0. The van der Waals surface area contributed by atoms with Crippen molar-refractivity contribution in [2.75, 3.05) is 53.1 Å². The van der Waals surface area contributed by atoms with Crippen molar-refractivity contribution in [2.45, 2.75) is 220 Å². The summed E-state index contributed by atoms with van der Waals surface area (Å²) in [6.45, 7) is 12.5. The van der Waals surface area contributed by atoms with Crippen molar-refractivity contribution in [1.82, 2.24) is 10.2 Å². The number of nitrogens with one attached hydrogen (secondary N) is 1. The summed E-state index contributed by atoms with van der Waals surface area (Å²) in [4.78, 5) is 26.1. The van der Waals surface area contributed by atoms with Gasteiger partial charge in [0, 0.05) is 32.7 Å². The number of rotatable bonds is 42. The first kappa shape index (κ1) is 50.6. The average Bonchev–Trinajstić information content (AvgIpc) is 3.15. The van der Waals surface area contributed by atoms with Crippen LogP contribution in [0.4, 0.5) is 4.79 Å². The molecule has 0 saturated heterocycles. The Morgan fingerprint density at radius 2 is 0.923 bits per heavy atom. The highest BCUT2D eigenvalue weighted by molar-refractivity contribution is 5.69. The Labute approximate surface area is 323 Å². The molecule has 8 heteroatoms. The van der Waals surface area contributed by atoms with Gasteiger partial charge in [0.1, 0.15) is 0 Å². The van der Waals surface area contributed by atoms with E-state index >= 15 is 0 Å². The van der Waals surface area contributed by atoms with Crippen LogP contribution in [0.15, 0.2) is 0 Å². The number of amides is 1. The van der Waals surface area contributed by atoms with Crippen LogP contribution in [-0.2, 0) is 23.7 Å². The van der Waals surface area contributed by atoms with Crippen molar-refractivity contribution in [3.8, 4) is 0 Å². The summed E-state index contributed by atoms with van der Waals surface area (Å²) in [6, 6.07) is 0. The van der Waals surface area contributed by atoms with Crippen molar-refractivity contribution in [3.63, 3.8) is 0 Å². The first-order valence-electron chi connectivity index (χ1n) is 22.5. The third-order valence-corrected chi connectivity index (χ3v) is 10.0. The Bertz CT molecular complexity index is 722. The minimum absolute atomic E-state index is 0.0350. The van der Waals surface area contributed by atoms with E-state index in [1.165, 1.54) is 116 Å². The number of methoxy groups -OCH3 is 1. The van der Waals surface area contributed by atoms with Gasteiger partial charge in [-0.15, -0.1) is 0 Å². The van der Waals surface area contributed by atoms with E-state index in [-0.39, 0.29) is 18.4 Å². The SMILES string of the molecule is CCCCCCCCCOC(=O)CCCCCCCN(CCCCCCC(OCCCCCCCC)OCCCCCCCC)CCNC(=O)OC. The van der Waals surface area contributed by atoms with E-state index in [2.05, 4.69) is 31.0 Å². The number of hydrogen-bond donors (Lipinski definition) is 1. The lowest BCUT2D eigenvalue weighted by Gasteiger charge is -2.22. The molecular formula is C44H88N2O6. The van der Waals surface area contributed by atoms with Gasteiger partial charge >= 0.3 is 12.1 Å². The standard InChI is InChI=1S/C44H88N2O6/c1-5-8-11-14-17-25-30-39-50-42(47)33-26-19-18-21-28-36-46(38-35-45-44(48)49-4)37-29-22-20-27-34-43(51-40-31-23-15-12-9-6-2)52-41-32-24-16-13-10-7-3/h43H,5-41H2,1-4H3,(H,45,48). The predicted octanol–water partition coefficient (Wildman–Crippen LogP) is 12.3. The van der Waals surface area contributed by atoms with Crippen LogP contribution in [0, 0.1) is 0 Å². The van der Waals surface area contributed by atoms with Crippen molar-refractivity contribution in [1.29, 1.82) is 0 Å². The summed E-state index contributed by atoms with van der Waals surface area (Å²) in [5, 5.41) is 2.84. The van der Waals surface area contributed by atoms with Crippen LogP contribution in [-0.4, -0.2) is 76.4 Å². The van der Waals surface area contributed by atoms with Gasteiger partial charge in [-0.05, 0) is 64.5 Å². The third kappa shape index (κ3) is 38.3. The average molecular weight is 741 g/mol. The van der Waals surface area contributed by atoms with Crippen molar-refractivity contribution in [2.24, 2.45) is 0 Å². The molecule has 8 nitrogen and oxygen atoms in total. The molecule has 310 valence electrons. The molecule has 1 N–H and O–H groups in total. The number of hydrogen-bond acceptors (Lipinski definition) is 7. The molecule has 0 aliphatic rings. The number of carbonyl (C=O) groups is 2. The summed E-state index contributed by atoms with van der Waals surface area (Å²) in [7, 11) is 1.41. The van der Waals surface area contributed by atoms with Gasteiger partial charge in [-0.25, -0.2) is 4.79 Å². The Balaban J connectivity index is 4.29. The first-order valence-corrected chi connectivity index (χ1v) is 22.5. The van der Waals surface area contributed by atoms with Crippen LogP contribution >= 0.6 is 0 Å². The van der Waals surface area contributed by atoms with Gasteiger partial charge in [0.25, 0.3) is 0 Å². The van der Waals surface area contributed by atoms with E-state index in [0.717, 1.165) is 110 Å². The number of unbranched alkanes of at least 4 members (excludes halogenated alkanes) is 23. The van der Waals surface area contributed by atoms with Gasteiger partial charge in [0.2, 0.25) is 0 Å². The zero-order chi connectivity index (χ0) is 38.0. The number of carbonyl (C=O) groups excluding carboxylic acids is 2. The van der Waals surface area contributed by atoms with E-state index in [1.807, 2.05) is 0 Å². The Kier molecular flexibility index (Phi) is 41.2. The van der Waals surface area contributed by atoms with Crippen LogP contribution in [0.1, 0.15) is 213 Å². The molecule has 0 aromatic heterocycles. The Hall–Kier alpha value is -1.38. The topological polar surface area (TPSA) is 86.3 Å². The molecule has 0 unspecified atom stereocenters. The molecule has 0 saturated carbocycles. The zero-order valence-corrected chi connectivity index (χ0v) is 35.1. The fraction of sp³-hybridized carbons (Fsp3) is 0.955. The minimum atomic E-state index is -0.368. The van der Waals surface area contributed by atoms with Gasteiger partial charge in [-0.2, -0.15) is 0 Å². The lowest BCUT2D eigenvalue weighted by molar-refractivity contribution is -0.148. The van der Waals surface area contributed by atoms with Crippen LogP contribution < -0.4 is 5.32 Å². The van der Waals surface area contributed by atoms with Crippen LogP contribution in [0.25, 0.3) is 0 Å². The van der Waals surface area contributed by atoms with Crippen molar-refractivity contribution in [3.05, 3.63) is 0 Å². The van der Waals surface area contributed by atoms with Gasteiger partial charge in [-0.1, -0.05) is 156 Å². The highest BCUT2D eigenvalue weighted by atomic mass is 16.7. The molecule has 0 aromatic carbocycles. The molecule has 0 spiro atoms. The van der Waals surface area contributed by atoms with Gasteiger partial charge in [0.15, 0.2) is 6.29 Å². The van der Waals surface area contributed by atoms with Gasteiger partial charge in [0.05, 0.1) is 13.7 Å². The molecule has 0 radical (unpaired) electrons. The second kappa shape index (κ2) is 42.4. The minimum Gasteiger partial charge on any atom is -0.466 e. The largest absolute Gasteiger partial charge is 0.466 e.